The molecular formula is C15H23BrFN. The summed E-state index contributed by atoms with van der Waals surface area (Å²) in [5, 5.41) is 3.40. The van der Waals surface area contributed by atoms with E-state index in [2.05, 4.69) is 42.0 Å². The van der Waals surface area contributed by atoms with E-state index in [1.807, 2.05) is 0 Å². The Hall–Kier alpha value is -0.410. The molecular weight excluding hydrogens is 293 g/mol. The topological polar surface area (TPSA) is 12.0 Å². The van der Waals surface area contributed by atoms with Gasteiger partial charge < -0.3 is 5.32 Å². The minimum atomic E-state index is -0.153. The van der Waals surface area contributed by atoms with Crippen LogP contribution in [0.1, 0.15) is 32.8 Å². The van der Waals surface area contributed by atoms with E-state index in [9.17, 15) is 4.39 Å². The molecule has 102 valence electrons. The number of benzene rings is 1. The second kappa shape index (κ2) is 7.90. The predicted octanol–water partition coefficient (Wildman–Crippen LogP) is 4.40. The highest BCUT2D eigenvalue weighted by Gasteiger charge is 2.13. The average Bonchev–Trinajstić information content (AvgIpc) is 2.30. The van der Waals surface area contributed by atoms with Crippen molar-refractivity contribution in [1.29, 1.82) is 0 Å². The Morgan fingerprint density at radius 1 is 1.33 bits per heavy atom. The first kappa shape index (κ1) is 15.6. The fourth-order valence-corrected chi connectivity index (χ4v) is 2.67. The van der Waals surface area contributed by atoms with Gasteiger partial charge in [-0.3, -0.25) is 0 Å². The molecule has 0 aliphatic heterocycles. The lowest BCUT2D eigenvalue weighted by atomic mass is 9.91. The van der Waals surface area contributed by atoms with Gasteiger partial charge in [0.05, 0.1) is 0 Å². The summed E-state index contributed by atoms with van der Waals surface area (Å²) < 4.78 is 14.3. The van der Waals surface area contributed by atoms with Crippen LogP contribution < -0.4 is 5.32 Å². The van der Waals surface area contributed by atoms with Crippen molar-refractivity contribution in [3.63, 3.8) is 0 Å². The maximum Gasteiger partial charge on any atom is 0.123 e. The normalized spacial score (nSPS) is 13.0. The molecule has 1 aromatic rings. The third-order valence-corrected chi connectivity index (χ3v) is 3.78. The molecule has 1 atom stereocenters. The Morgan fingerprint density at radius 2 is 2.06 bits per heavy atom. The number of nitrogens with one attached hydrogen (secondary N) is 1. The molecule has 0 aromatic heterocycles. The van der Waals surface area contributed by atoms with Crippen molar-refractivity contribution < 1.29 is 4.39 Å². The second-order valence-electron chi connectivity index (χ2n) is 5.24. The summed E-state index contributed by atoms with van der Waals surface area (Å²) in [7, 11) is 0. The van der Waals surface area contributed by atoms with Crippen molar-refractivity contribution in [2.24, 2.45) is 11.8 Å². The zero-order valence-electron chi connectivity index (χ0n) is 11.5. The van der Waals surface area contributed by atoms with E-state index >= 15 is 0 Å². The van der Waals surface area contributed by atoms with Crippen molar-refractivity contribution in [1.82, 2.24) is 5.32 Å². The monoisotopic (exact) mass is 315 g/mol. The maximum absolute atomic E-state index is 13.3. The standard InChI is InChI=1S/C15H23BrFN/c1-4-18-10-12(7-11(2)3)8-13-9-14(17)5-6-15(13)16/h5-6,9,11-12,18H,4,7-8,10H2,1-3H3. The zero-order valence-corrected chi connectivity index (χ0v) is 13.1. The van der Waals surface area contributed by atoms with Gasteiger partial charge in [0.1, 0.15) is 5.82 Å². The number of hydrogen-bond acceptors (Lipinski definition) is 1. The fourth-order valence-electron chi connectivity index (χ4n) is 2.26. The van der Waals surface area contributed by atoms with E-state index in [1.165, 1.54) is 6.07 Å². The fraction of sp³-hybridized carbons (Fsp3) is 0.600. The van der Waals surface area contributed by atoms with E-state index in [1.54, 1.807) is 12.1 Å². The summed E-state index contributed by atoms with van der Waals surface area (Å²) in [5.41, 5.74) is 1.07. The van der Waals surface area contributed by atoms with Gasteiger partial charge in [0.15, 0.2) is 0 Å². The van der Waals surface area contributed by atoms with Gasteiger partial charge in [0.25, 0.3) is 0 Å². The van der Waals surface area contributed by atoms with Gasteiger partial charge in [0.2, 0.25) is 0 Å². The van der Waals surface area contributed by atoms with Crippen LogP contribution in [-0.4, -0.2) is 13.1 Å². The minimum Gasteiger partial charge on any atom is -0.317 e. The first-order chi connectivity index (χ1) is 8.52. The van der Waals surface area contributed by atoms with Crippen molar-refractivity contribution in [3.05, 3.63) is 34.1 Å². The van der Waals surface area contributed by atoms with Gasteiger partial charge in [-0.05, 0) is 61.5 Å². The van der Waals surface area contributed by atoms with E-state index in [0.29, 0.717) is 11.8 Å². The smallest absolute Gasteiger partial charge is 0.123 e. The Morgan fingerprint density at radius 3 is 2.67 bits per heavy atom. The molecule has 0 aliphatic carbocycles. The minimum absolute atomic E-state index is 0.153. The van der Waals surface area contributed by atoms with Crippen LogP contribution in [0.2, 0.25) is 0 Å². The molecule has 1 unspecified atom stereocenters. The van der Waals surface area contributed by atoms with Crippen LogP contribution in [0.25, 0.3) is 0 Å². The van der Waals surface area contributed by atoms with Crippen LogP contribution in [0.5, 0.6) is 0 Å². The SMILES string of the molecule is CCNCC(Cc1cc(F)ccc1Br)CC(C)C. The average molecular weight is 316 g/mol. The van der Waals surface area contributed by atoms with Crippen LogP contribution in [0.15, 0.2) is 22.7 Å². The molecule has 18 heavy (non-hydrogen) atoms. The molecule has 1 nitrogen and oxygen atoms in total. The third-order valence-electron chi connectivity index (χ3n) is 3.00. The molecule has 0 bridgehead atoms. The molecule has 0 aliphatic rings. The van der Waals surface area contributed by atoms with Gasteiger partial charge in [-0.25, -0.2) is 4.39 Å². The summed E-state index contributed by atoms with van der Waals surface area (Å²) in [6, 6.07) is 4.93. The first-order valence-corrected chi connectivity index (χ1v) is 7.46. The summed E-state index contributed by atoms with van der Waals surface area (Å²) >= 11 is 3.51. The van der Waals surface area contributed by atoms with Crippen LogP contribution in [0.4, 0.5) is 4.39 Å². The number of halogens is 2. The van der Waals surface area contributed by atoms with E-state index in [-0.39, 0.29) is 5.82 Å². The van der Waals surface area contributed by atoms with Gasteiger partial charge >= 0.3 is 0 Å². The van der Waals surface area contributed by atoms with Crippen LogP contribution in [0.3, 0.4) is 0 Å². The van der Waals surface area contributed by atoms with Crippen molar-refractivity contribution in [2.45, 2.75) is 33.6 Å². The molecule has 0 radical (unpaired) electrons. The largest absolute Gasteiger partial charge is 0.317 e. The lowest BCUT2D eigenvalue weighted by Gasteiger charge is -2.20. The van der Waals surface area contributed by atoms with Gasteiger partial charge in [-0.1, -0.05) is 36.7 Å². The summed E-state index contributed by atoms with van der Waals surface area (Å²) in [5.74, 6) is 1.07. The number of hydrogen-bond donors (Lipinski definition) is 1. The van der Waals surface area contributed by atoms with E-state index in [0.717, 1.165) is 36.0 Å². The Balaban J connectivity index is 2.71. The summed E-state index contributed by atoms with van der Waals surface area (Å²) in [4.78, 5) is 0. The molecule has 1 rings (SSSR count). The molecule has 0 spiro atoms. The van der Waals surface area contributed by atoms with Gasteiger partial charge in [-0.15, -0.1) is 0 Å². The molecule has 0 heterocycles. The van der Waals surface area contributed by atoms with Crippen LogP contribution in [-0.2, 0) is 6.42 Å². The summed E-state index contributed by atoms with van der Waals surface area (Å²) in [6.45, 7) is 8.57. The van der Waals surface area contributed by atoms with E-state index in [4.69, 9.17) is 0 Å². The molecule has 3 heteroatoms. The highest BCUT2D eigenvalue weighted by atomic mass is 79.9. The Bertz CT molecular complexity index is 366. The van der Waals surface area contributed by atoms with Crippen molar-refractivity contribution in [3.8, 4) is 0 Å². The Kier molecular flexibility index (Phi) is 6.87. The molecule has 0 saturated heterocycles. The molecule has 1 aromatic carbocycles. The lowest BCUT2D eigenvalue weighted by molar-refractivity contribution is 0.387. The number of rotatable bonds is 7. The quantitative estimate of drug-likeness (QED) is 0.786. The zero-order chi connectivity index (χ0) is 13.5. The van der Waals surface area contributed by atoms with Gasteiger partial charge in [-0.2, -0.15) is 0 Å². The summed E-state index contributed by atoms with van der Waals surface area (Å²) in [6.07, 6.45) is 2.08. The van der Waals surface area contributed by atoms with E-state index < -0.39 is 0 Å². The first-order valence-electron chi connectivity index (χ1n) is 6.67. The third kappa shape index (κ3) is 5.49. The molecule has 1 N–H and O–H groups in total. The van der Waals surface area contributed by atoms with Crippen molar-refractivity contribution >= 4 is 15.9 Å². The lowest BCUT2D eigenvalue weighted by Crippen LogP contribution is -2.25. The Labute approximate surface area is 118 Å². The van der Waals surface area contributed by atoms with Crippen LogP contribution >= 0.6 is 15.9 Å². The molecule has 0 fully saturated rings. The maximum atomic E-state index is 13.3. The van der Waals surface area contributed by atoms with Crippen LogP contribution in [0, 0.1) is 17.7 Å². The predicted molar refractivity (Wildman–Crippen MR) is 79.3 cm³/mol. The van der Waals surface area contributed by atoms with Crippen molar-refractivity contribution in [2.75, 3.05) is 13.1 Å². The second-order valence-corrected chi connectivity index (χ2v) is 6.10. The molecule has 0 amide bonds. The highest BCUT2D eigenvalue weighted by molar-refractivity contribution is 9.10. The molecule has 0 saturated carbocycles. The highest BCUT2D eigenvalue weighted by Crippen LogP contribution is 2.23. The van der Waals surface area contributed by atoms with Gasteiger partial charge in [0, 0.05) is 4.47 Å².